The number of halogens is 7. The number of aromatic amines is 1. The van der Waals surface area contributed by atoms with E-state index in [2.05, 4.69) is 35.5 Å². The van der Waals surface area contributed by atoms with E-state index in [1.165, 1.54) is 6.92 Å². The number of nitrogens with zero attached hydrogens (tertiary/aromatic N) is 4. The first-order chi connectivity index (χ1) is 20.4. The zero-order valence-electron chi connectivity index (χ0n) is 22.9. The number of rotatable bonds is 13. The highest BCUT2D eigenvalue weighted by molar-refractivity contribution is 5.92. The van der Waals surface area contributed by atoms with Gasteiger partial charge in [0.2, 0.25) is 12.1 Å². The van der Waals surface area contributed by atoms with Crippen molar-refractivity contribution in [3.8, 4) is 0 Å². The molecule has 0 bridgehead atoms. The number of hydrogen-bond donors (Lipinski definition) is 3. The van der Waals surface area contributed by atoms with Gasteiger partial charge in [0.05, 0.1) is 42.5 Å². The van der Waals surface area contributed by atoms with Crippen LogP contribution >= 0.6 is 0 Å². The first kappa shape index (κ1) is 32.2. The lowest BCUT2D eigenvalue weighted by molar-refractivity contribution is -0.131. The molecule has 1 aliphatic rings. The van der Waals surface area contributed by atoms with Crippen molar-refractivity contribution in [2.24, 2.45) is 5.92 Å². The van der Waals surface area contributed by atoms with Crippen LogP contribution < -0.4 is 10.6 Å². The molecule has 4 rings (SSSR count). The first-order valence-corrected chi connectivity index (χ1v) is 13.5. The van der Waals surface area contributed by atoms with Gasteiger partial charge in [-0.15, -0.1) is 5.10 Å². The molecule has 2 aromatic heterocycles. The summed E-state index contributed by atoms with van der Waals surface area (Å²) in [7, 11) is 0. The number of aromatic nitrogens is 5. The Hall–Kier alpha value is -3.76. The summed E-state index contributed by atoms with van der Waals surface area (Å²) >= 11 is 0. The minimum atomic E-state index is -2.97. The standard InChI is InChI=1S/C26H30F7N7O3/c1-13(35-24(42)20(29)16(28)11-27)15-2-3-17-18(10-15)37-22(36-17)21(14-4-6-26(32,33)7-5-14)38-23(41)19-12-34-40(39-19)8-9-43-25(30)31/h2-3,10,12-14,16,20-21,25H,4-9,11H2,1H3,(H,35,42)(H,36,37)(H,38,41)/t13-,16?,20?,21+/m1/s1. The van der Waals surface area contributed by atoms with Gasteiger partial charge in [0.15, 0.2) is 11.9 Å². The van der Waals surface area contributed by atoms with Crippen LogP contribution in [0.5, 0.6) is 0 Å². The third-order valence-corrected chi connectivity index (χ3v) is 7.22. The number of amides is 2. The van der Waals surface area contributed by atoms with Gasteiger partial charge in [-0.05, 0) is 43.4 Å². The number of imidazole rings is 1. The molecule has 236 valence electrons. The second-order valence-corrected chi connectivity index (χ2v) is 10.3. The second kappa shape index (κ2) is 13.7. The largest absolute Gasteiger partial charge is 0.347 e. The van der Waals surface area contributed by atoms with Crippen LogP contribution in [0.15, 0.2) is 24.4 Å². The molecule has 0 saturated heterocycles. The fraction of sp³-hybridized carbons (Fsp3) is 0.577. The summed E-state index contributed by atoms with van der Waals surface area (Å²) < 4.78 is 95.9. The zero-order chi connectivity index (χ0) is 31.3. The molecule has 10 nitrogen and oxygen atoms in total. The van der Waals surface area contributed by atoms with Gasteiger partial charge in [-0.25, -0.2) is 26.9 Å². The number of carbonyl (C=O) groups is 2. The number of nitrogens with one attached hydrogen (secondary N) is 3. The van der Waals surface area contributed by atoms with Crippen LogP contribution in [0, 0.1) is 5.92 Å². The van der Waals surface area contributed by atoms with Gasteiger partial charge in [0, 0.05) is 12.8 Å². The SMILES string of the molecule is C[C@@H](NC(=O)C(F)C(F)CF)c1ccc2nc([C@@H](NC(=O)c3cnn(CCOC(F)F)n3)C3CCC(F)(F)CC3)[nH]c2c1. The first-order valence-electron chi connectivity index (χ1n) is 13.5. The van der Waals surface area contributed by atoms with Gasteiger partial charge in [-0.2, -0.15) is 18.7 Å². The number of H-pyrrole nitrogens is 1. The summed E-state index contributed by atoms with van der Waals surface area (Å²) in [5.74, 6) is -5.00. The lowest BCUT2D eigenvalue weighted by Gasteiger charge is -2.33. The Morgan fingerprint density at radius 3 is 2.56 bits per heavy atom. The Morgan fingerprint density at radius 2 is 1.88 bits per heavy atom. The predicted molar refractivity (Wildman–Crippen MR) is 138 cm³/mol. The Labute approximate surface area is 240 Å². The van der Waals surface area contributed by atoms with E-state index in [4.69, 9.17) is 0 Å². The third-order valence-electron chi connectivity index (χ3n) is 7.22. The van der Waals surface area contributed by atoms with Crippen molar-refractivity contribution in [3.63, 3.8) is 0 Å². The van der Waals surface area contributed by atoms with Crippen LogP contribution in [0.3, 0.4) is 0 Å². The number of carbonyl (C=O) groups excluding carboxylic acids is 2. The van der Waals surface area contributed by atoms with Gasteiger partial charge in [0.25, 0.3) is 11.8 Å². The van der Waals surface area contributed by atoms with E-state index in [0.29, 0.717) is 16.6 Å². The quantitative estimate of drug-likeness (QED) is 0.241. The zero-order valence-corrected chi connectivity index (χ0v) is 22.9. The van der Waals surface area contributed by atoms with Crippen LogP contribution in [0.1, 0.15) is 66.6 Å². The lowest BCUT2D eigenvalue weighted by atomic mass is 9.81. The Balaban J connectivity index is 1.53. The number of fused-ring (bicyclic) bond motifs is 1. The Bertz CT molecular complexity index is 1390. The summed E-state index contributed by atoms with van der Waals surface area (Å²) in [6, 6.07) is 3.11. The maximum atomic E-state index is 13.9. The molecule has 4 atom stereocenters. The number of ether oxygens (including phenoxy) is 1. The fourth-order valence-corrected chi connectivity index (χ4v) is 4.84. The Morgan fingerprint density at radius 1 is 1.16 bits per heavy atom. The third kappa shape index (κ3) is 8.20. The maximum Gasteiger partial charge on any atom is 0.345 e. The van der Waals surface area contributed by atoms with E-state index in [-0.39, 0.29) is 43.7 Å². The van der Waals surface area contributed by atoms with Gasteiger partial charge in [-0.1, -0.05) is 6.07 Å². The van der Waals surface area contributed by atoms with E-state index in [1.54, 1.807) is 18.2 Å². The molecule has 17 heteroatoms. The molecule has 1 fully saturated rings. The van der Waals surface area contributed by atoms with Crippen LogP contribution in [-0.4, -0.2) is 74.9 Å². The molecule has 1 aliphatic carbocycles. The minimum Gasteiger partial charge on any atom is -0.347 e. The minimum absolute atomic E-state index is 0.0831. The molecular formula is C26H30F7N7O3. The van der Waals surface area contributed by atoms with Gasteiger partial charge < -0.3 is 20.4 Å². The normalized spacial score (nSPS) is 18.3. The van der Waals surface area contributed by atoms with Crippen LogP contribution in [0.4, 0.5) is 30.7 Å². The molecule has 3 aromatic rings. The lowest BCUT2D eigenvalue weighted by Crippen LogP contribution is -2.39. The predicted octanol–water partition coefficient (Wildman–Crippen LogP) is 4.51. The van der Waals surface area contributed by atoms with Crippen LogP contribution in [-0.2, 0) is 16.1 Å². The van der Waals surface area contributed by atoms with Crippen molar-refractivity contribution >= 4 is 22.8 Å². The molecule has 0 aliphatic heterocycles. The van der Waals surface area contributed by atoms with E-state index < -0.39 is 68.0 Å². The molecule has 2 amide bonds. The van der Waals surface area contributed by atoms with E-state index in [1.807, 2.05) is 0 Å². The van der Waals surface area contributed by atoms with Crippen LogP contribution in [0.25, 0.3) is 11.0 Å². The van der Waals surface area contributed by atoms with E-state index in [9.17, 15) is 40.3 Å². The molecule has 2 unspecified atom stereocenters. The highest BCUT2D eigenvalue weighted by Gasteiger charge is 2.40. The smallest absolute Gasteiger partial charge is 0.345 e. The van der Waals surface area contributed by atoms with E-state index in [0.717, 1.165) is 11.0 Å². The monoisotopic (exact) mass is 621 g/mol. The van der Waals surface area contributed by atoms with E-state index >= 15 is 0 Å². The molecule has 0 spiro atoms. The molecule has 1 saturated carbocycles. The summed E-state index contributed by atoms with van der Waals surface area (Å²) in [4.78, 5) is 33.7. The summed E-state index contributed by atoms with van der Waals surface area (Å²) in [5.41, 5.74) is 1.22. The number of alkyl halides is 7. The highest BCUT2D eigenvalue weighted by Crippen LogP contribution is 2.41. The molecule has 43 heavy (non-hydrogen) atoms. The average molecular weight is 622 g/mol. The maximum absolute atomic E-state index is 13.9. The van der Waals surface area contributed by atoms with Crippen molar-refractivity contribution in [1.29, 1.82) is 0 Å². The molecule has 3 N–H and O–H groups in total. The summed E-state index contributed by atoms with van der Waals surface area (Å²) in [6.45, 7) is -3.62. The topological polar surface area (TPSA) is 127 Å². The number of benzene rings is 1. The van der Waals surface area contributed by atoms with Crippen molar-refractivity contribution in [2.45, 2.75) is 76.1 Å². The molecule has 1 aromatic carbocycles. The van der Waals surface area contributed by atoms with Gasteiger partial charge >= 0.3 is 6.61 Å². The fourth-order valence-electron chi connectivity index (χ4n) is 4.84. The second-order valence-electron chi connectivity index (χ2n) is 10.3. The van der Waals surface area contributed by atoms with Gasteiger partial charge in [-0.3, -0.25) is 9.59 Å². The van der Waals surface area contributed by atoms with Crippen molar-refractivity contribution in [3.05, 3.63) is 41.5 Å². The average Bonchev–Trinajstić information content (AvgIpc) is 3.62. The Kier molecular flexibility index (Phi) is 10.2. The highest BCUT2D eigenvalue weighted by atomic mass is 19.3. The van der Waals surface area contributed by atoms with Crippen molar-refractivity contribution in [1.82, 2.24) is 35.6 Å². The van der Waals surface area contributed by atoms with Crippen LogP contribution in [0.2, 0.25) is 0 Å². The van der Waals surface area contributed by atoms with Crippen molar-refractivity contribution in [2.75, 3.05) is 13.3 Å². The van der Waals surface area contributed by atoms with Gasteiger partial charge in [0.1, 0.15) is 12.5 Å². The summed E-state index contributed by atoms with van der Waals surface area (Å²) in [6.07, 6.45) is -4.73. The molecule has 2 heterocycles. The molecular weight excluding hydrogens is 591 g/mol. The number of hydrogen-bond acceptors (Lipinski definition) is 6. The molecule has 0 radical (unpaired) electrons. The summed E-state index contributed by atoms with van der Waals surface area (Å²) in [5, 5.41) is 12.9. The van der Waals surface area contributed by atoms with Crippen molar-refractivity contribution < 1.29 is 45.1 Å².